The molecule has 1 saturated carbocycles. The number of fused-ring (bicyclic) bond motifs is 1. The van der Waals surface area contributed by atoms with E-state index in [1.54, 1.807) is 13.0 Å². The van der Waals surface area contributed by atoms with Gasteiger partial charge in [-0.25, -0.2) is 9.18 Å². The van der Waals surface area contributed by atoms with Gasteiger partial charge in [-0.05, 0) is 99.0 Å². The number of aliphatic carboxylic acids is 1. The Hall–Kier alpha value is -3.35. The third kappa shape index (κ3) is 5.99. The number of carboxylic acid groups (broad SMARTS) is 1. The largest absolute Gasteiger partial charge is 0.549 e. The second-order valence-corrected chi connectivity index (χ2v) is 12.4. The summed E-state index contributed by atoms with van der Waals surface area (Å²) in [6.45, 7) is 4.26. The van der Waals surface area contributed by atoms with Gasteiger partial charge in [0.25, 0.3) is 0 Å². The van der Waals surface area contributed by atoms with Crippen molar-refractivity contribution >= 4 is 12.0 Å². The third-order valence-electron chi connectivity index (χ3n) is 9.79. The van der Waals surface area contributed by atoms with Crippen LogP contribution in [0.25, 0.3) is 0 Å². The average molecular weight is 629 g/mol. The van der Waals surface area contributed by atoms with Crippen molar-refractivity contribution < 1.29 is 45.4 Å². The summed E-state index contributed by atoms with van der Waals surface area (Å²) in [6.07, 6.45) is -7.93. The number of hydrogen-bond donors (Lipinski definition) is 0. The fourth-order valence-corrected chi connectivity index (χ4v) is 6.97. The Morgan fingerprint density at radius 2 is 1.64 bits per heavy atom. The van der Waals surface area contributed by atoms with Crippen molar-refractivity contribution in [3.63, 3.8) is 0 Å². The molecule has 5 atom stereocenters. The highest BCUT2D eigenvalue weighted by Gasteiger charge is 2.58. The van der Waals surface area contributed by atoms with Crippen molar-refractivity contribution in [2.45, 2.75) is 70.0 Å². The number of benzene rings is 2. The van der Waals surface area contributed by atoms with Gasteiger partial charge in [0, 0.05) is 37.6 Å². The summed E-state index contributed by atoms with van der Waals surface area (Å²) in [5, 5.41) is 11.9. The first-order valence-corrected chi connectivity index (χ1v) is 14.5. The number of carbonyl (C=O) groups is 2. The van der Waals surface area contributed by atoms with E-state index in [0.717, 1.165) is 4.90 Å². The first-order valence-electron chi connectivity index (χ1n) is 14.5. The average Bonchev–Trinajstić information content (AvgIpc) is 3.70. The molecule has 2 unspecified atom stereocenters. The Balaban J connectivity index is 1.43. The van der Waals surface area contributed by atoms with Gasteiger partial charge in [0.15, 0.2) is 0 Å². The first kappa shape index (κ1) is 32.1. The molecule has 3 fully saturated rings. The van der Waals surface area contributed by atoms with Crippen LogP contribution >= 0.6 is 0 Å². The molecule has 0 aromatic heterocycles. The smallest absolute Gasteiger partial charge is 0.416 e. The van der Waals surface area contributed by atoms with Crippen LogP contribution in [0.15, 0.2) is 36.4 Å². The number of carbonyl (C=O) groups excluding carboxylic acids is 2. The van der Waals surface area contributed by atoms with Gasteiger partial charge in [0.1, 0.15) is 5.82 Å². The normalized spacial score (nSPS) is 26.6. The summed E-state index contributed by atoms with van der Waals surface area (Å²) in [6, 6.07) is 2.98. The van der Waals surface area contributed by atoms with Crippen LogP contribution in [0.4, 0.5) is 35.5 Å². The number of likely N-dealkylation sites (tertiary alicyclic amines) is 2. The molecule has 0 radical (unpaired) electrons. The number of halogens is 7. The molecule has 3 aliphatic rings. The number of urea groups is 1. The second-order valence-electron chi connectivity index (χ2n) is 12.4. The predicted molar refractivity (Wildman–Crippen MR) is 143 cm³/mol. The van der Waals surface area contributed by atoms with Gasteiger partial charge in [0.05, 0.1) is 23.2 Å². The lowest BCUT2D eigenvalue weighted by Gasteiger charge is -2.47. The molecular weight excluding hydrogens is 595 g/mol. The fraction of sp³-hybridized carbons (Fsp3) is 0.548. The van der Waals surface area contributed by atoms with Gasteiger partial charge < -0.3 is 19.7 Å². The first-order chi connectivity index (χ1) is 20.4. The van der Waals surface area contributed by atoms with Gasteiger partial charge in [-0.15, -0.1) is 0 Å². The number of rotatable bonds is 5. The molecule has 2 heterocycles. The molecule has 2 saturated heterocycles. The highest BCUT2D eigenvalue weighted by atomic mass is 19.4. The van der Waals surface area contributed by atoms with Crippen LogP contribution < -0.4 is 5.11 Å². The predicted octanol–water partition coefficient (Wildman–Crippen LogP) is 5.95. The van der Waals surface area contributed by atoms with Gasteiger partial charge >= 0.3 is 18.4 Å². The summed E-state index contributed by atoms with van der Waals surface area (Å²) >= 11 is 0. The van der Waals surface area contributed by atoms with E-state index in [-0.39, 0.29) is 30.1 Å². The number of carboxylic acids is 1. The van der Waals surface area contributed by atoms with Crippen molar-refractivity contribution in [3.8, 4) is 0 Å². The van der Waals surface area contributed by atoms with Crippen LogP contribution in [0.1, 0.15) is 72.5 Å². The number of alkyl halides is 6. The molecule has 1 aliphatic carbocycles. The van der Waals surface area contributed by atoms with Gasteiger partial charge in [0.2, 0.25) is 0 Å². The highest BCUT2D eigenvalue weighted by Crippen LogP contribution is 2.57. The summed E-state index contributed by atoms with van der Waals surface area (Å²) in [5.74, 6) is -1.45. The van der Waals surface area contributed by atoms with E-state index in [9.17, 15) is 45.4 Å². The minimum atomic E-state index is -5.03. The SMILES string of the molecule is Cc1cc(F)ccc1[C@H]1C[C@@H](N2CCC3CC3(C(=O)[O-])C2)CCN1C(=O)N(C)[C@H](C)c1cc(C(F)(F)F)cc(C(F)(F)F)c1. The van der Waals surface area contributed by atoms with Gasteiger partial charge in [-0.2, -0.15) is 26.3 Å². The third-order valence-corrected chi connectivity index (χ3v) is 9.79. The molecule has 240 valence electrons. The maximum atomic E-state index is 14.0. The molecule has 2 aromatic carbocycles. The van der Waals surface area contributed by atoms with E-state index >= 15 is 0 Å². The molecule has 13 heteroatoms. The van der Waals surface area contributed by atoms with Crippen molar-refractivity contribution in [1.29, 1.82) is 0 Å². The zero-order chi connectivity index (χ0) is 32.4. The molecule has 0 spiro atoms. The van der Waals surface area contributed by atoms with Crippen LogP contribution in [0.3, 0.4) is 0 Å². The quantitative estimate of drug-likeness (QED) is 0.384. The van der Waals surface area contributed by atoms with Crippen molar-refractivity contribution in [2.24, 2.45) is 11.3 Å². The maximum absolute atomic E-state index is 14.0. The fourth-order valence-electron chi connectivity index (χ4n) is 6.97. The lowest BCUT2D eigenvalue weighted by Crippen LogP contribution is -2.55. The van der Waals surface area contributed by atoms with Crippen molar-refractivity contribution in [3.05, 3.63) is 70.0 Å². The van der Waals surface area contributed by atoms with Crippen LogP contribution in [-0.2, 0) is 17.1 Å². The molecule has 5 rings (SSSR count). The van der Waals surface area contributed by atoms with Crippen molar-refractivity contribution in [2.75, 3.05) is 26.7 Å². The van der Waals surface area contributed by atoms with E-state index in [0.29, 0.717) is 62.0 Å². The molecule has 0 bridgehead atoms. The Labute approximate surface area is 250 Å². The Morgan fingerprint density at radius 1 is 1.00 bits per heavy atom. The standard InChI is InChI=1S/C31H34F7N3O3/c1-17-10-23(32)4-5-25(17)26-14-24(40-8-6-20-15-29(20,16-40)27(42)43)7-9-41(26)28(44)39(3)18(2)19-11-21(30(33,34)35)13-22(12-19)31(36,37)38/h4-5,10-13,18,20,24,26H,6-9,14-16H2,1-3H3,(H,42,43)/p-1/t18-,20?,24+,26-,29?/m1/s1. The lowest BCUT2D eigenvalue weighted by molar-refractivity contribution is -0.315. The minimum Gasteiger partial charge on any atom is -0.549 e. The topological polar surface area (TPSA) is 66.9 Å². The van der Waals surface area contributed by atoms with E-state index < -0.39 is 58.8 Å². The van der Waals surface area contributed by atoms with Crippen molar-refractivity contribution in [1.82, 2.24) is 14.7 Å². The molecule has 2 aromatic rings. The summed E-state index contributed by atoms with van der Waals surface area (Å²) < 4.78 is 95.1. The Bertz CT molecular complexity index is 1410. The lowest BCUT2D eigenvalue weighted by atomic mass is 9.86. The monoisotopic (exact) mass is 628 g/mol. The number of aryl methyl sites for hydroxylation is 1. The summed E-state index contributed by atoms with van der Waals surface area (Å²) in [5.41, 5.74) is -2.91. The molecule has 2 amide bonds. The van der Waals surface area contributed by atoms with E-state index in [4.69, 9.17) is 0 Å². The highest BCUT2D eigenvalue weighted by molar-refractivity contribution is 5.77. The molecular formula is C31H33F7N3O3-. The number of hydrogen-bond acceptors (Lipinski definition) is 4. The van der Waals surface area contributed by atoms with Crippen LogP contribution in [0.5, 0.6) is 0 Å². The molecule has 0 N–H and O–H groups in total. The zero-order valence-electron chi connectivity index (χ0n) is 24.4. The van der Waals surface area contributed by atoms with E-state index in [1.165, 1.54) is 31.0 Å². The number of amides is 2. The van der Waals surface area contributed by atoms with E-state index in [2.05, 4.69) is 4.90 Å². The number of nitrogens with zero attached hydrogens (tertiary/aromatic N) is 3. The molecule has 2 aliphatic heterocycles. The van der Waals surface area contributed by atoms with E-state index in [1.807, 2.05) is 0 Å². The van der Waals surface area contributed by atoms with Gasteiger partial charge in [-0.3, -0.25) is 4.90 Å². The molecule has 6 nitrogen and oxygen atoms in total. The van der Waals surface area contributed by atoms with Crippen LogP contribution in [-0.4, -0.2) is 59.4 Å². The zero-order valence-corrected chi connectivity index (χ0v) is 24.4. The Kier molecular flexibility index (Phi) is 8.18. The summed E-state index contributed by atoms with van der Waals surface area (Å²) in [4.78, 5) is 30.6. The second kappa shape index (κ2) is 11.2. The minimum absolute atomic E-state index is 0.0468. The molecule has 44 heavy (non-hydrogen) atoms. The van der Waals surface area contributed by atoms with Gasteiger partial charge in [-0.1, -0.05) is 6.07 Å². The van der Waals surface area contributed by atoms with Crippen LogP contribution in [0, 0.1) is 24.1 Å². The van der Waals surface area contributed by atoms with Crippen LogP contribution in [0.2, 0.25) is 0 Å². The number of piperidine rings is 2. The Morgan fingerprint density at radius 3 is 2.20 bits per heavy atom. The maximum Gasteiger partial charge on any atom is 0.416 e. The summed E-state index contributed by atoms with van der Waals surface area (Å²) in [7, 11) is 1.32.